The van der Waals surface area contributed by atoms with Crippen LogP contribution in [0.3, 0.4) is 0 Å². The molecule has 1 aliphatic carbocycles. The van der Waals surface area contributed by atoms with Gasteiger partial charge in [-0.15, -0.1) is 11.8 Å². The Morgan fingerprint density at radius 3 is 1.21 bits per heavy atom. The summed E-state index contributed by atoms with van der Waals surface area (Å²) in [6, 6.07) is 0. The lowest BCUT2D eigenvalue weighted by atomic mass is 9.92. The van der Waals surface area contributed by atoms with Gasteiger partial charge in [-0.25, -0.2) is 0 Å². The van der Waals surface area contributed by atoms with Crippen LogP contribution in [0.5, 0.6) is 0 Å². The van der Waals surface area contributed by atoms with Crippen molar-refractivity contribution in [3.05, 3.63) is 11.1 Å². The number of allylic oxidation sites excluding steroid dienone is 2. The van der Waals surface area contributed by atoms with Crippen molar-refractivity contribution in [3.8, 4) is 11.8 Å². The van der Waals surface area contributed by atoms with Crippen molar-refractivity contribution in [1.29, 1.82) is 0 Å². The SMILES string of the molecule is C.C.C.C.C.C.CC#CCCC.CC1=C(C)CC1.CCCN(C)C. The van der Waals surface area contributed by atoms with E-state index in [0.29, 0.717) is 0 Å². The van der Waals surface area contributed by atoms with E-state index in [1.807, 2.05) is 6.92 Å². The fourth-order valence-electron chi connectivity index (χ4n) is 1.32. The van der Waals surface area contributed by atoms with Crippen LogP contribution in [0.1, 0.15) is 111 Å². The van der Waals surface area contributed by atoms with Crippen molar-refractivity contribution >= 4 is 0 Å². The quantitative estimate of drug-likeness (QED) is 0.364. The Morgan fingerprint density at radius 2 is 1.17 bits per heavy atom. The molecular formula is C23H57N. The van der Waals surface area contributed by atoms with Crippen LogP contribution < -0.4 is 0 Å². The zero-order valence-electron chi connectivity index (χ0n) is 13.7. The molecule has 1 aliphatic rings. The summed E-state index contributed by atoms with van der Waals surface area (Å²) in [5.74, 6) is 5.77. The van der Waals surface area contributed by atoms with Crippen molar-refractivity contribution in [1.82, 2.24) is 4.90 Å². The highest BCUT2D eigenvalue weighted by molar-refractivity contribution is 5.19. The van der Waals surface area contributed by atoms with Gasteiger partial charge in [-0.3, -0.25) is 0 Å². The lowest BCUT2D eigenvalue weighted by molar-refractivity contribution is 0.408. The molecule has 0 saturated carbocycles. The van der Waals surface area contributed by atoms with E-state index in [-0.39, 0.29) is 44.6 Å². The van der Waals surface area contributed by atoms with Crippen LogP contribution in [0.25, 0.3) is 0 Å². The normalized spacial score (nSPS) is 9.33. The Bertz CT molecular complexity index is 251. The van der Waals surface area contributed by atoms with Gasteiger partial charge in [0.2, 0.25) is 0 Å². The predicted octanol–water partition coefficient (Wildman–Crippen LogP) is 8.70. The van der Waals surface area contributed by atoms with E-state index < -0.39 is 0 Å². The van der Waals surface area contributed by atoms with Gasteiger partial charge in [0.25, 0.3) is 0 Å². The van der Waals surface area contributed by atoms with E-state index in [1.165, 1.54) is 32.2 Å². The molecule has 0 heterocycles. The second-order valence-electron chi connectivity index (χ2n) is 5.04. The van der Waals surface area contributed by atoms with Gasteiger partial charge in [0.05, 0.1) is 0 Å². The van der Waals surface area contributed by atoms with Crippen LogP contribution >= 0.6 is 0 Å². The third-order valence-electron chi connectivity index (χ3n) is 2.83. The van der Waals surface area contributed by atoms with Crippen LogP contribution in [-0.4, -0.2) is 25.5 Å². The summed E-state index contributed by atoms with van der Waals surface area (Å²) in [6.45, 7) is 11.8. The number of hydrogen-bond donors (Lipinski definition) is 0. The molecule has 0 spiro atoms. The molecule has 0 saturated heterocycles. The average molecular weight is 348 g/mol. The molecule has 0 atom stereocenters. The second kappa shape index (κ2) is 38.1. The van der Waals surface area contributed by atoms with E-state index in [9.17, 15) is 0 Å². The maximum Gasteiger partial charge on any atom is 0.00859 e. The molecule has 0 radical (unpaired) electrons. The highest BCUT2D eigenvalue weighted by atomic mass is 15.0. The van der Waals surface area contributed by atoms with E-state index >= 15 is 0 Å². The minimum absolute atomic E-state index is 0. The van der Waals surface area contributed by atoms with Crippen molar-refractivity contribution < 1.29 is 0 Å². The van der Waals surface area contributed by atoms with Crippen molar-refractivity contribution in [2.45, 2.75) is 111 Å². The van der Waals surface area contributed by atoms with Gasteiger partial charge >= 0.3 is 0 Å². The first-order chi connectivity index (χ1) is 8.49. The van der Waals surface area contributed by atoms with Crippen LogP contribution in [0.4, 0.5) is 0 Å². The lowest BCUT2D eigenvalue weighted by Crippen LogP contribution is -2.11. The molecular weight excluding hydrogens is 290 g/mol. The summed E-state index contributed by atoms with van der Waals surface area (Å²) < 4.78 is 0. The number of nitrogens with zero attached hydrogens (tertiary/aromatic N) is 1. The van der Waals surface area contributed by atoms with Gasteiger partial charge in [-0.2, -0.15) is 0 Å². The first-order valence-corrected chi connectivity index (χ1v) is 7.19. The van der Waals surface area contributed by atoms with Crippen molar-refractivity contribution in [2.24, 2.45) is 0 Å². The van der Waals surface area contributed by atoms with E-state index in [0.717, 1.165) is 6.42 Å². The first-order valence-electron chi connectivity index (χ1n) is 7.19. The standard InChI is InChI=1S/2C6H10.C5H13N.6CH4/c1-5-3-4-6(5)2;1-3-5-6-4-2;1-4-5-6(2)3;;;;;;/h3-4H2,1-2H3;3,5H2,1-2H3;4-5H2,1-3H3;6*1H4. The highest BCUT2D eigenvalue weighted by Gasteiger charge is 2.05. The monoisotopic (exact) mass is 347 g/mol. The summed E-state index contributed by atoms with van der Waals surface area (Å²) in [6.07, 6.45) is 6.20. The topological polar surface area (TPSA) is 3.24 Å². The first kappa shape index (κ1) is 49.5. The zero-order valence-corrected chi connectivity index (χ0v) is 13.7. The third-order valence-corrected chi connectivity index (χ3v) is 2.83. The van der Waals surface area contributed by atoms with Crippen molar-refractivity contribution in [3.63, 3.8) is 0 Å². The van der Waals surface area contributed by atoms with E-state index in [2.05, 4.69) is 58.5 Å². The largest absolute Gasteiger partial charge is 0.309 e. The third kappa shape index (κ3) is 42.9. The Morgan fingerprint density at radius 1 is 0.792 bits per heavy atom. The fourth-order valence-corrected chi connectivity index (χ4v) is 1.32. The number of rotatable bonds is 3. The molecule has 0 N–H and O–H groups in total. The van der Waals surface area contributed by atoms with Gasteiger partial charge in [-0.1, -0.05) is 69.6 Å². The molecule has 0 bridgehead atoms. The summed E-state index contributed by atoms with van der Waals surface area (Å²) in [5.41, 5.74) is 3.21. The molecule has 1 nitrogen and oxygen atoms in total. The predicted molar refractivity (Wildman–Crippen MR) is 125 cm³/mol. The highest BCUT2D eigenvalue weighted by Crippen LogP contribution is 2.25. The Balaban J connectivity index is -0.0000000237. The van der Waals surface area contributed by atoms with Crippen LogP contribution in [0, 0.1) is 11.8 Å². The number of hydrogen-bond acceptors (Lipinski definition) is 1. The number of unbranched alkanes of at least 4 members (excludes halogenated alkanes) is 1. The van der Waals surface area contributed by atoms with Gasteiger partial charge in [0.1, 0.15) is 0 Å². The summed E-state index contributed by atoms with van der Waals surface area (Å²) >= 11 is 0. The molecule has 154 valence electrons. The molecule has 1 rings (SSSR count). The van der Waals surface area contributed by atoms with Gasteiger partial charge in [0, 0.05) is 6.42 Å². The smallest absolute Gasteiger partial charge is 0.00859 e. The molecule has 0 aliphatic heterocycles. The van der Waals surface area contributed by atoms with Gasteiger partial charge in [-0.05, 0) is 67.1 Å². The maximum atomic E-state index is 2.95. The summed E-state index contributed by atoms with van der Waals surface area (Å²) in [5, 5.41) is 0. The summed E-state index contributed by atoms with van der Waals surface area (Å²) in [7, 11) is 4.17. The Kier molecular flexibility index (Phi) is 78.5. The molecule has 24 heavy (non-hydrogen) atoms. The molecule has 0 aromatic heterocycles. The van der Waals surface area contributed by atoms with Crippen LogP contribution in [0.2, 0.25) is 0 Å². The minimum atomic E-state index is 0. The molecule has 1 heteroatoms. The van der Waals surface area contributed by atoms with Crippen LogP contribution in [-0.2, 0) is 0 Å². The van der Waals surface area contributed by atoms with Gasteiger partial charge < -0.3 is 4.90 Å². The van der Waals surface area contributed by atoms with E-state index in [1.54, 1.807) is 11.1 Å². The molecule has 0 amide bonds. The summed E-state index contributed by atoms with van der Waals surface area (Å²) in [4.78, 5) is 2.18. The zero-order chi connectivity index (χ0) is 14.4. The molecule has 0 fully saturated rings. The molecule has 0 aromatic rings. The minimum Gasteiger partial charge on any atom is -0.309 e. The molecule has 0 aromatic carbocycles. The Labute approximate surface area is 160 Å². The lowest BCUT2D eigenvalue weighted by Gasteiger charge is -2.15. The van der Waals surface area contributed by atoms with Gasteiger partial charge in [0.15, 0.2) is 0 Å². The fraction of sp³-hybridized carbons (Fsp3) is 0.826. The second-order valence-corrected chi connectivity index (χ2v) is 5.04. The van der Waals surface area contributed by atoms with E-state index in [4.69, 9.17) is 0 Å². The average Bonchev–Trinajstić information content (AvgIpc) is 2.35. The molecule has 0 unspecified atom stereocenters. The maximum absolute atomic E-state index is 2.95. The van der Waals surface area contributed by atoms with Crippen molar-refractivity contribution in [2.75, 3.05) is 20.6 Å². The Hall–Kier alpha value is -0.740. The van der Waals surface area contributed by atoms with Crippen LogP contribution in [0.15, 0.2) is 11.1 Å².